The molecule has 0 unspecified atom stereocenters. The van der Waals surface area contributed by atoms with Crippen molar-refractivity contribution in [1.82, 2.24) is 9.80 Å². The molecule has 2 heterocycles. The average molecular weight is 499 g/mol. The summed E-state index contributed by atoms with van der Waals surface area (Å²) in [6, 6.07) is 19.0. The van der Waals surface area contributed by atoms with Crippen LogP contribution in [0.5, 0.6) is 0 Å². The molecule has 1 aliphatic carbocycles. The van der Waals surface area contributed by atoms with Gasteiger partial charge in [-0.2, -0.15) is 0 Å². The summed E-state index contributed by atoms with van der Waals surface area (Å²) in [6.07, 6.45) is 2.64. The zero-order valence-corrected chi connectivity index (χ0v) is 20.3. The second kappa shape index (κ2) is 9.49. The summed E-state index contributed by atoms with van der Waals surface area (Å²) in [6.45, 7) is 0.665. The number of halogens is 2. The Kier molecular flexibility index (Phi) is 6.46. The molecule has 2 aliphatic rings. The molecule has 2 atom stereocenters. The van der Waals surface area contributed by atoms with Crippen LogP contribution in [0.15, 0.2) is 66.0 Å². The molecule has 1 aromatic heterocycles. The molecule has 170 valence electrons. The fourth-order valence-electron chi connectivity index (χ4n) is 4.51. The first-order valence-electron chi connectivity index (χ1n) is 11.1. The van der Waals surface area contributed by atoms with E-state index in [0.717, 1.165) is 36.0 Å². The summed E-state index contributed by atoms with van der Waals surface area (Å²) >= 11 is 14.4. The van der Waals surface area contributed by atoms with Gasteiger partial charge in [-0.25, -0.2) is 0 Å². The van der Waals surface area contributed by atoms with Crippen LogP contribution in [0.3, 0.4) is 0 Å². The molecule has 0 spiro atoms. The van der Waals surface area contributed by atoms with E-state index in [1.807, 2.05) is 59.5 Å². The van der Waals surface area contributed by atoms with Crippen molar-refractivity contribution >= 4 is 46.4 Å². The summed E-state index contributed by atoms with van der Waals surface area (Å²) in [5.41, 5.74) is 2.93. The minimum absolute atomic E-state index is 0.0448. The van der Waals surface area contributed by atoms with Gasteiger partial charge in [-0.05, 0) is 59.5 Å². The molecular weight excluding hydrogens is 475 g/mol. The van der Waals surface area contributed by atoms with E-state index in [9.17, 15) is 9.59 Å². The van der Waals surface area contributed by atoms with Crippen molar-refractivity contribution in [2.45, 2.75) is 36.7 Å². The van der Waals surface area contributed by atoms with Crippen molar-refractivity contribution in [2.75, 3.05) is 13.1 Å². The third kappa shape index (κ3) is 4.68. The standard InChI is InChI=1S/C26H24Cl2N2O2S/c27-19-8-6-18(7-9-19)25-21-13-15-33-22(21)12-14-29(25)23(31)16-30(20-10-11-20)26(32)24(28)17-4-2-1-3-5-17/h1-9,13,15,20,24-25H,10-12,14,16H2/t24-,25+/m0/s1. The Morgan fingerprint density at radius 3 is 2.48 bits per heavy atom. The average Bonchev–Trinajstić information content (AvgIpc) is 3.57. The molecule has 5 rings (SSSR count). The summed E-state index contributed by atoms with van der Waals surface area (Å²) in [7, 11) is 0. The van der Waals surface area contributed by atoms with Crippen LogP contribution in [0.4, 0.5) is 0 Å². The number of nitrogens with zero attached hydrogens (tertiary/aromatic N) is 2. The lowest BCUT2D eigenvalue weighted by molar-refractivity contribution is -0.142. The maximum atomic E-state index is 13.7. The van der Waals surface area contributed by atoms with Crippen molar-refractivity contribution < 1.29 is 9.59 Å². The van der Waals surface area contributed by atoms with Crippen molar-refractivity contribution in [3.05, 3.63) is 92.6 Å². The molecule has 0 radical (unpaired) electrons. The fraction of sp³-hybridized carbons (Fsp3) is 0.308. The molecule has 2 aromatic carbocycles. The number of alkyl halides is 1. The van der Waals surface area contributed by atoms with E-state index in [-0.39, 0.29) is 30.4 Å². The van der Waals surface area contributed by atoms with E-state index in [1.54, 1.807) is 16.2 Å². The fourth-order valence-corrected chi connectivity index (χ4v) is 5.81. The lowest BCUT2D eigenvalue weighted by Gasteiger charge is -2.38. The Bertz CT molecular complexity index is 1140. The number of hydrogen-bond donors (Lipinski definition) is 0. The molecule has 0 N–H and O–H groups in total. The number of thiophene rings is 1. The third-order valence-electron chi connectivity index (χ3n) is 6.36. The van der Waals surface area contributed by atoms with E-state index in [4.69, 9.17) is 23.2 Å². The molecule has 1 fully saturated rings. The van der Waals surface area contributed by atoms with Crippen LogP contribution in [0.2, 0.25) is 5.02 Å². The number of amides is 2. The van der Waals surface area contributed by atoms with Gasteiger partial charge in [0, 0.05) is 22.5 Å². The van der Waals surface area contributed by atoms with Crippen LogP contribution in [0.25, 0.3) is 0 Å². The molecular formula is C26H24Cl2N2O2S. The Labute approximate surface area is 207 Å². The van der Waals surface area contributed by atoms with Gasteiger partial charge in [-0.3, -0.25) is 9.59 Å². The molecule has 0 saturated heterocycles. The second-order valence-corrected chi connectivity index (χ2v) is 10.4. The van der Waals surface area contributed by atoms with Crippen LogP contribution in [-0.2, 0) is 16.0 Å². The maximum Gasteiger partial charge on any atom is 0.245 e. The summed E-state index contributed by atoms with van der Waals surface area (Å²) < 4.78 is 0. The molecule has 33 heavy (non-hydrogen) atoms. The minimum atomic E-state index is -0.795. The van der Waals surface area contributed by atoms with Gasteiger partial charge < -0.3 is 9.80 Å². The summed E-state index contributed by atoms with van der Waals surface area (Å²) in [5.74, 6) is -0.251. The molecule has 1 saturated carbocycles. The van der Waals surface area contributed by atoms with Crippen LogP contribution in [0, 0.1) is 0 Å². The van der Waals surface area contributed by atoms with Gasteiger partial charge in [-0.1, -0.05) is 54.1 Å². The predicted molar refractivity (Wildman–Crippen MR) is 133 cm³/mol. The smallest absolute Gasteiger partial charge is 0.245 e. The molecule has 3 aromatic rings. The van der Waals surface area contributed by atoms with Crippen LogP contribution in [0.1, 0.15) is 45.8 Å². The zero-order chi connectivity index (χ0) is 22.9. The van der Waals surface area contributed by atoms with Crippen molar-refractivity contribution in [1.29, 1.82) is 0 Å². The van der Waals surface area contributed by atoms with Crippen LogP contribution < -0.4 is 0 Å². The van der Waals surface area contributed by atoms with Gasteiger partial charge in [0.05, 0.1) is 6.04 Å². The summed E-state index contributed by atoms with van der Waals surface area (Å²) in [5, 5.41) is 1.95. The number of carbonyl (C=O) groups is 2. The Balaban J connectivity index is 1.40. The normalized spacial score (nSPS) is 18.5. The maximum absolute atomic E-state index is 13.7. The highest BCUT2D eigenvalue weighted by molar-refractivity contribution is 7.10. The number of fused-ring (bicyclic) bond motifs is 1. The topological polar surface area (TPSA) is 40.6 Å². The highest BCUT2D eigenvalue weighted by Gasteiger charge is 2.40. The van der Waals surface area contributed by atoms with E-state index in [1.165, 1.54) is 4.88 Å². The van der Waals surface area contributed by atoms with Crippen LogP contribution >= 0.6 is 34.5 Å². The zero-order valence-electron chi connectivity index (χ0n) is 18.0. The van der Waals surface area contributed by atoms with Gasteiger partial charge in [0.15, 0.2) is 0 Å². The van der Waals surface area contributed by atoms with E-state index >= 15 is 0 Å². The SMILES string of the molecule is O=C([C@@H](Cl)c1ccccc1)N(CC(=O)N1CCc2sccc2[C@H]1c1ccc(Cl)cc1)C1CC1. The number of rotatable bonds is 6. The van der Waals surface area contributed by atoms with Gasteiger partial charge in [0.25, 0.3) is 0 Å². The second-order valence-electron chi connectivity index (χ2n) is 8.56. The van der Waals surface area contributed by atoms with Crippen molar-refractivity contribution in [2.24, 2.45) is 0 Å². The first-order valence-corrected chi connectivity index (χ1v) is 12.8. The lowest BCUT2D eigenvalue weighted by Crippen LogP contribution is -2.48. The number of hydrogen-bond acceptors (Lipinski definition) is 3. The highest BCUT2D eigenvalue weighted by Crippen LogP contribution is 2.39. The van der Waals surface area contributed by atoms with Gasteiger partial charge in [0.2, 0.25) is 11.8 Å². The Morgan fingerprint density at radius 2 is 1.79 bits per heavy atom. The van der Waals surface area contributed by atoms with Crippen molar-refractivity contribution in [3.63, 3.8) is 0 Å². The van der Waals surface area contributed by atoms with Gasteiger partial charge in [0.1, 0.15) is 11.9 Å². The minimum Gasteiger partial charge on any atom is -0.330 e. The molecule has 2 amide bonds. The molecule has 1 aliphatic heterocycles. The molecule has 0 bridgehead atoms. The van der Waals surface area contributed by atoms with Gasteiger partial charge in [-0.15, -0.1) is 22.9 Å². The Hall–Kier alpha value is -2.34. The van der Waals surface area contributed by atoms with Crippen LogP contribution in [-0.4, -0.2) is 40.7 Å². The molecule has 4 nitrogen and oxygen atoms in total. The Morgan fingerprint density at radius 1 is 1.06 bits per heavy atom. The lowest BCUT2D eigenvalue weighted by atomic mass is 9.93. The number of carbonyl (C=O) groups excluding carboxylic acids is 2. The number of benzene rings is 2. The monoisotopic (exact) mass is 498 g/mol. The highest BCUT2D eigenvalue weighted by atomic mass is 35.5. The van der Waals surface area contributed by atoms with Gasteiger partial charge >= 0.3 is 0 Å². The third-order valence-corrected chi connectivity index (χ3v) is 8.04. The first-order chi connectivity index (χ1) is 16.0. The van der Waals surface area contributed by atoms with E-state index in [2.05, 4.69) is 11.4 Å². The summed E-state index contributed by atoms with van der Waals surface area (Å²) in [4.78, 5) is 31.9. The quantitative estimate of drug-likeness (QED) is 0.400. The first kappa shape index (κ1) is 22.5. The predicted octanol–water partition coefficient (Wildman–Crippen LogP) is 5.85. The largest absolute Gasteiger partial charge is 0.330 e. The molecule has 7 heteroatoms. The van der Waals surface area contributed by atoms with E-state index in [0.29, 0.717) is 11.6 Å². The van der Waals surface area contributed by atoms with E-state index < -0.39 is 5.38 Å². The van der Waals surface area contributed by atoms with Crippen molar-refractivity contribution in [3.8, 4) is 0 Å².